The van der Waals surface area contributed by atoms with Gasteiger partial charge in [0.1, 0.15) is 0 Å². The monoisotopic (exact) mass is 168 g/mol. The molecule has 1 rings (SSSR count). The van der Waals surface area contributed by atoms with Crippen molar-refractivity contribution >= 4 is 0 Å². The maximum absolute atomic E-state index is 3.34. The highest BCUT2D eigenvalue weighted by atomic mass is 15.5. The van der Waals surface area contributed by atoms with Crippen LogP contribution in [0.5, 0.6) is 0 Å². The summed E-state index contributed by atoms with van der Waals surface area (Å²) in [5, 5.41) is 2.02. The Kier molecular flexibility index (Phi) is 4.15. The highest BCUT2D eigenvalue weighted by Gasteiger charge is 2.01. The molecule has 2 heteroatoms. The van der Waals surface area contributed by atoms with Crippen molar-refractivity contribution in [1.82, 2.24) is 10.4 Å². The summed E-state index contributed by atoms with van der Waals surface area (Å²) in [6.45, 7) is 0. The zero-order chi connectivity index (χ0) is 8.81. The van der Waals surface area contributed by atoms with Crippen LogP contribution in [0.2, 0.25) is 0 Å². The van der Waals surface area contributed by atoms with Crippen molar-refractivity contribution in [2.45, 2.75) is 38.5 Å². The third kappa shape index (κ3) is 3.77. The van der Waals surface area contributed by atoms with E-state index >= 15 is 0 Å². The molecule has 0 fully saturated rings. The Morgan fingerprint density at radius 2 is 1.92 bits per heavy atom. The molecular formula is C10H20N2. The molecule has 1 aliphatic rings. The molecule has 2 nitrogen and oxygen atoms in total. The van der Waals surface area contributed by atoms with E-state index in [1.54, 1.807) is 0 Å². The molecule has 1 aliphatic carbocycles. The van der Waals surface area contributed by atoms with Crippen LogP contribution < -0.4 is 5.43 Å². The van der Waals surface area contributed by atoms with Gasteiger partial charge in [-0.15, -0.1) is 0 Å². The lowest BCUT2D eigenvalue weighted by molar-refractivity contribution is 0.318. The quantitative estimate of drug-likeness (QED) is 0.636. The molecule has 70 valence electrons. The van der Waals surface area contributed by atoms with Gasteiger partial charge in [0.05, 0.1) is 0 Å². The van der Waals surface area contributed by atoms with Crippen LogP contribution in [0.15, 0.2) is 11.8 Å². The molecule has 0 aliphatic heterocycles. The summed E-state index contributed by atoms with van der Waals surface area (Å²) >= 11 is 0. The van der Waals surface area contributed by atoms with Gasteiger partial charge in [-0.3, -0.25) is 0 Å². The van der Waals surface area contributed by atoms with E-state index in [0.717, 1.165) is 0 Å². The van der Waals surface area contributed by atoms with Crippen LogP contribution in [0.1, 0.15) is 38.5 Å². The summed E-state index contributed by atoms with van der Waals surface area (Å²) in [5.41, 5.74) is 4.75. The first-order valence-corrected chi connectivity index (χ1v) is 4.92. The summed E-state index contributed by atoms with van der Waals surface area (Å²) in [5.74, 6) is 0. The van der Waals surface area contributed by atoms with Gasteiger partial charge in [0, 0.05) is 19.8 Å². The third-order valence-electron chi connectivity index (χ3n) is 2.16. The van der Waals surface area contributed by atoms with Crippen molar-refractivity contribution in [3.05, 3.63) is 11.8 Å². The smallest absolute Gasteiger partial charge is 0.0224 e. The van der Waals surface area contributed by atoms with Crippen molar-refractivity contribution in [1.29, 1.82) is 0 Å². The van der Waals surface area contributed by atoms with E-state index in [0.29, 0.717) is 0 Å². The van der Waals surface area contributed by atoms with Gasteiger partial charge in [0.25, 0.3) is 0 Å². The second kappa shape index (κ2) is 5.20. The van der Waals surface area contributed by atoms with Crippen molar-refractivity contribution in [3.63, 3.8) is 0 Å². The molecule has 12 heavy (non-hydrogen) atoms. The SMILES string of the molecule is CN(C)N/C1=C/CCCCCC1. The van der Waals surface area contributed by atoms with Crippen LogP contribution in [0.3, 0.4) is 0 Å². The molecule has 0 aromatic rings. The highest BCUT2D eigenvalue weighted by molar-refractivity contribution is 4.99. The van der Waals surface area contributed by atoms with Gasteiger partial charge >= 0.3 is 0 Å². The fraction of sp³-hybridized carbons (Fsp3) is 0.800. The van der Waals surface area contributed by atoms with Gasteiger partial charge in [0.2, 0.25) is 0 Å². The first-order valence-electron chi connectivity index (χ1n) is 4.92. The molecule has 0 heterocycles. The summed E-state index contributed by atoms with van der Waals surface area (Å²) < 4.78 is 0. The standard InChI is InChI=1S/C10H20N2/c1-12(2)11-10-8-6-4-3-5-7-9-10/h8,11H,3-7,9H2,1-2H3/b10-8+. The van der Waals surface area contributed by atoms with E-state index in [-0.39, 0.29) is 0 Å². The lowest BCUT2D eigenvalue weighted by Gasteiger charge is -2.18. The zero-order valence-corrected chi connectivity index (χ0v) is 8.27. The van der Waals surface area contributed by atoms with Gasteiger partial charge in [-0.2, -0.15) is 0 Å². The molecule has 0 aromatic heterocycles. The molecule has 0 unspecified atom stereocenters. The van der Waals surface area contributed by atoms with Crippen LogP contribution >= 0.6 is 0 Å². The lowest BCUT2D eigenvalue weighted by atomic mass is 10.0. The average Bonchev–Trinajstić information content (AvgIpc) is 1.93. The fourth-order valence-electron chi connectivity index (χ4n) is 1.58. The fourth-order valence-corrected chi connectivity index (χ4v) is 1.58. The number of rotatable bonds is 2. The average molecular weight is 168 g/mol. The zero-order valence-electron chi connectivity index (χ0n) is 8.27. The normalized spacial score (nSPS) is 24.1. The number of nitrogens with one attached hydrogen (secondary N) is 1. The molecule has 0 saturated carbocycles. The summed E-state index contributed by atoms with van der Waals surface area (Å²) in [6.07, 6.45) is 10.3. The minimum Gasteiger partial charge on any atom is -0.324 e. The lowest BCUT2D eigenvalue weighted by Crippen LogP contribution is -2.29. The number of hydrogen-bond acceptors (Lipinski definition) is 2. The summed E-state index contributed by atoms with van der Waals surface area (Å²) in [7, 11) is 4.08. The minimum absolute atomic E-state index is 1.22. The van der Waals surface area contributed by atoms with Crippen LogP contribution in [0.4, 0.5) is 0 Å². The van der Waals surface area contributed by atoms with Crippen LogP contribution in [-0.4, -0.2) is 19.1 Å². The second-order valence-corrected chi connectivity index (χ2v) is 3.69. The van der Waals surface area contributed by atoms with E-state index in [4.69, 9.17) is 0 Å². The first kappa shape index (κ1) is 9.59. The molecular weight excluding hydrogens is 148 g/mol. The Morgan fingerprint density at radius 3 is 2.67 bits per heavy atom. The molecule has 0 saturated heterocycles. The van der Waals surface area contributed by atoms with E-state index in [2.05, 4.69) is 11.5 Å². The molecule has 0 radical (unpaired) electrons. The Morgan fingerprint density at radius 1 is 1.17 bits per heavy atom. The van der Waals surface area contributed by atoms with Crippen molar-refractivity contribution < 1.29 is 0 Å². The van der Waals surface area contributed by atoms with Crippen molar-refractivity contribution in [2.75, 3.05) is 14.1 Å². The second-order valence-electron chi connectivity index (χ2n) is 3.69. The summed E-state index contributed by atoms with van der Waals surface area (Å²) in [4.78, 5) is 0. The van der Waals surface area contributed by atoms with Crippen LogP contribution in [-0.2, 0) is 0 Å². The van der Waals surface area contributed by atoms with Gasteiger partial charge in [0.15, 0.2) is 0 Å². The van der Waals surface area contributed by atoms with E-state index in [9.17, 15) is 0 Å². The van der Waals surface area contributed by atoms with Gasteiger partial charge < -0.3 is 5.43 Å². The maximum Gasteiger partial charge on any atom is 0.0224 e. The van der Waals surface area contributed by atoms with Crippen LogP contribution in [0, 0.1) is 0 Å². The molecule has 0 atom stereocenters. The van der Waals surface area contributed by atoms with Crippen LogP contribution in [0.25, 0.3) is 0 Å². The highest BCUT2D eigenvalue weighted by Crippen LogP contribution is 2.14. The van der Waals surface area contributed by atoms with E-state index < -0.39 is 0 Å². The Labute approximate surface area is 75.6 Å². The van der Waals surface area contributed by atoms with E-state index in [1.165, 1.54) is 44.2 Å². The maximum atomic E-state index is 3.34. The number of nitrogens with zero attached hydrogens (tertiary/aromatic N) is 1. The minimum atomic E-state index is 1.22. The largest absolute Gasteiger partial charge is 0.324 e. The number of allylic oxidation sites excluding steroid dienone is 2. The first-order chi connectivity index (χ1) is 5.79. The molecule has 0 aromatic carbocycles. The predicted molar refractivity (Wildman–Crippen MR) is 52.6 cm³/mol. The topological polar surface area (TPSA) is 15.3 Å². The predicted octanol–water partition coefficient (Wildman–Crippen LogP) is 2.29. The van der Waals surface area contributed by atoms with Gasteiger partial charge in [-0.25, -0.2) is 5.01 Å². The van der Waals surface area contributed by atoms with Gasteiger partial charge in [-0.05, 0) is 25.7 Å². The van der Waals surface area contributed by atoms with Gasteiger partial charge in [-0.1, -0.05) is 18.9 Å². The molecule has 0 spiro atoms. The van der Waals surface area contributed by atoms with Crippen molar-refractivity contribution in [3.8, 4) is 0 Å². The van der Waals surface area contributed by atoms with Crippen molar-refractivity contribution in [2.24, 2.45) is 0 Å². The Bertz CT molecular complexity index is 150. The number of hydrogen-bond donors (Lipinski definition) is 1. The molecule has 1 N–H and O–H groups in total. The van der Waals surface area contributed by atoms with E-state index in [1.807, 2.05) is 19.1 Å². The Hall–Kier alpha value is -0.500. The summed E-state index contributed by atoms with van der Waals surface area (Å²) in [6, 6.07) is 0. The number of hydrazine groups is 1. The Balaban J connectivity index is 2.36. The molecule has 0 bridgehead atoms. The third-order valence-corrected chi connectivity index (χ3v) is 2.16. The molecule has 0 amide bonds.